The lowest BCUT2D eigenvalue weighted by Crippen LogP contribution is -2.21. The number of carbonyl (C=O) groups excluding carboxylic acids is 1. The number of methoxy groups -OCH3 is 1. The molecule has 0 aliphatic rings. The quantitative estimate of drug-likeness (QED) is 0.842. The van der Waals surface area contributed by atoms with Gasteiger partial charge in [-0.2, -0.15) is 4.98 Å². The van der Waals surface area contributed by atoms with Crippen molar-refractivity contribution in [2.24, 2.45) is 0 Å². The molecule has 0 fully saturated rings. The number of aromatic nitrogens is 3. The molecule has 22 heavy (non-hydrogen) atoms. The number of nitrogens with two attached hydrogens (primary N) is 1. The van der Waals surface area contributed by atoms with Gasteiger partial charge >= 0.3 is 5.97 Å². The fraction of sp³-hybridized carbons (Fsp3) is 0.429. The fourth-order valence-electron chi connectivity index (χ4n) is 1.81. The standard InChI is InChI=1S/C14H19N5O2S/c1-8(2)12-16-9(7-22-12)6-19(3)14-17-10(13(20)21-4)5-11(15)18-14/h5,7-8H,6H2,1-4H3,(H2,15,17,18). The number of ether oxygens (including phenoxy) is 1. The van der Waals surface area contributed by atoms with Crippen LogP contribution < -0.4 is 10.6 Å². The maximum Gasteiger partial charge on any atom is 0.356 e. The molecule has 0 aliphatic heterocycles. The van der Waals surface area contributed by atoms with E-state index in [2.05, 4.69) is 33.5 Å². The molecule has 0 aromatic carbocycles. The van der Waals surface area contributed by atoms with E-state index in [0.717, 1.165) is 10.7 Å². The second-order valence-corrected chi connectivity index (χ2v) is 6.05. The molecule has 0 amide bonds. The third-order valence-electron chi connectivity index (χ3n) is 2.93. The van der Waals surface area contributed by atoms with Crippen molar-refractivity contribution in [1.82, 2.24) is 15.0 Å². The van der Waals surface area contributed by atoms with Crippen molar-refractivity contribution < 1.29 is 9.53 Å². The summed E-state index contributed by atoms with van der Waals surface area (Å²) in [7, 11) is 3.12. The van der Waals surface area contributed by atoms with Crippen LogP contribution in [0, 0.1) is 0 Å². The molecule has 0 bridgehead atoms. The summed E-state index contributed by atoms with van der Waals surface area (Å²) in [5, 5.41) is 3.10. The molecule has 7 nitrogen and oxygen atoms in total. The number of nitrogens with zero attached hydrogens (tertiary/aromatic N) is 4. The Balaban J connectivity index is 2.19. The second kappa shape index (κ2) is 6.69. The van der Waals surface area contributed by atoms with E-state index < -0.39 is 5.97 Å². The van der Waals surface area contributed by atoms with Crippen LogP contribution in [0.25, 0.3) is 0 Å². The van der Waals surface area contributed by atoms with E-state index in [0.29, 0.717) is 18.4 Å². The largest absolute Gasteiger partial charge is 0.464 e. The van der Waals surface area contributed by atoms with Crippen molar-refractivity contribution in [3.63, 3.8) is 0 Å². The molecule has 0 spiro atoms. The number of esters is 1. The molecule has 0 radical (unpaired) electrons. The molecule has 2 aromatic heterocycles. The average Bonchev–Trinajstić information content (AvgIpc) is 2.94. The summed E-state index contributed by atoms with van der Waals surface area (Å²) >= 11 is 1.63. The molecule has 118 valence electrons. The van der Waals surface area contributed by atoms with Crippen LogP contribution in [0.4, 0.5) is 11.8 Å². The molecule has 0 atom stereocenters. The van der Waals surface area contributed by atoms with Crippen LogP contribution in [-0.4, -0.2) is 35.1 Å². The zero-order valence-corrected chi connectivity index (χ0v) is 13.8. The summed E-state index contributed by atoms with van der Waals surface area (Å²) in [6.45, 7) is 4.75. The molecule has 2 aromatic rings. The zero-order chi connectivity index (χ0) is 16.3. The topological polar surface area (TPSA) is 94.2 Å². The normalized spacial score (nSPS) is 10.8. The molecule has 0 unspecified atom stereocenters. The minimum absolute atomic E-state index is 0.137. The van der Waals surface area contributed by atoms with Crippen LogP contribution in [0.15, 0.2) is 11.4 Å². The van der Waals surface area contributed by atoms with E-state index in [4.69, 9.17) is 5.73 Å². The number of anilines is 2. The zero-order valence-electron chi connectivity index (χ0n) is 13.0. The number of rotatable bonds is 5. The van der Waals surface area contributed by atoms with Crippen molar-refractivity contribution in [1.29, 1.82) is 0 Å². The molecule has 0 saturated carbocycles. The summed E-state index contributed by atoms with van der Waals surface area (Å²) in [6.07, 6.45) is 0. The molecule has 2 rings (SSSR count). The van der Waals surface area contributed by atoms with E-state index in [1.807, 2.05) is 12.4 Å². The highest BCUT2D eigenvalue weighted by Crippen LogP contribution is 2.21. The third-order valence-corrected chi connectivity index (χ3v) is 4.13. The first-order chi connectivity index (χ1) is 10.4. The summed E-state index contributed by atoms with van der Waals surface area (Å²) in [4.78, 5) is 26.3. The van der Waals surface area contributed by atoms with E-state index in [9.17, 15) is 4.79 Å². The minimum Gasteiger partial charge on any atom is -0.464 e. The highest BCUT2D eigenvalue weighted by Gasteiger charge is 2.15. The lowest BCUT2D eigenvalue weighted by molar-refractivity contribution is 0.0594. The van der Waals surface area contributed by atoms with Crippen molar-refractivity contribution in [2.45, 2.75) is 26.3 Å². The van der Waals surface area contributed by atoms with Gasteiger partial charge in [-0.3, -0.25) is 0 Å². The van der Waals surface area contributed by atoms with Crippen molar-refractivity contribution in [3.8, 4) is 0 Å². The highest BCUT2D eigenvalue weighted by atomic mass is 32.1. The lowest BCUT2D eigenvalue weighted by atomic mass is 10.2. The van der Waals surface area contributed by atoms with E-state index in [1.54, 1.807) is 16.2 Å². The van der Waals surface area contributed by atoms with Gasteiger partial charge in [-0.25, -0.2) is 14.8 Å². The summed E-state index contributed by atoms with van der Waals surface area (Å²) in [5.74, 6) is 0.441. The van der Waals surface area contributed by atoms with Crippen LogP contribution in [0.2, 0.25) is 0 Å². The predicted molar refractivity (Wildman–Crippen MR) is 86.1 cm³/mol. The smallest absolute Gasteiger partial charge is 0.356 e. The number of hydrogen-bond acceptors (Lipinski definition) is 8. The van der Waals surface area contributed by atoms with Gasteiger partial charge in [0.25, 0.3) is 0 Å². The van der Waals surface area contributed by atoms with Gasteiger partial charge < -0.3 is 15.4 Å². The molecular weight excluding hydrogens is 302 g/mol. The summed E-state index contributed by atoms with van der Waals surface area (Å²) in [5.41, 5.74) is 6.80. The second-order valence-electron chi connectivity index (χ2n) is 5.16. The number of nitrogen functional groups attached to an aromatic ring is 1. The minimum atomic E-state index is -0.542. The van der Waals surface area contributed by atoms with Gasteiger partial charge in [-0.15, -0.1) is 11.3 Å². The monoisotopic (exact) mass is 321 g/mol. The Labute approximate surface area is 133 Å². The van der Waals surface area contributed by atoms with Gasteiger partial charge in [0.15, 0.2) is 5.69 Å². The van der Waals surface area contributed by atoms with Gasteiger partial charge in [0.2, 0.25) is 5.95 Å². The van der Waals surface area contributed by atoms with Crippen LogP contribution in [0.3, 0.4) is 0 Å². The maximum atomic E-state index is 11.6. The van der Waals surface area contributed by atoms with Crippen molar-refractivity contribution in [3.05, 3.63) is 27.8 Å². The first-order valence-corrected chi connectivity index (χ1v) is 7.67. The summed E-state index contributed by atoms with van der Waals surface area (Å²) < 4.78 is 4.66. The summed E-state index contributed by atoms with van der Waals surface area (Å²) in [6, 6.07) is 1.39. The van der Waals surface area contributed by atoms with Crippen LogP contribution >= 0.6 is 11.3 Å². The number of thiazole rings is 1. The van der Waals surface area contributed by atoms with Crippen LogP contribution in [0.5, 0.6) is 0 Å². The average molecular weight is 321 g/mol. The van der Waals surface area contributed by atoms with E-state index in [1.165, 1.54) is 13.2 Å². The lowest BCUT2D eigenvalue weighted by Gasteiger charge is -2.16. The first kappa shape index (κ1) is 16.2. The highest BCUT2D eigenvalue weighted by molar-refractivity contribution is 7.09. The Bertz CT molecular complexity index is 671. The Morgan fingerprint density at radius 1 is 1.41 bits per heavy atom. The van der Waals surface area contributed by atoms with Gasteiger partial charge in [-0.05, 0) is 0 Å². The molecule has 8 heteroatoms. The van der Waals surface area contributed by atoms with Crippen LogP contribution in [0.1, 0.15) is 41.0 Å². The molecular formula is C14H19N5O2S. The Morgan fingerprint density at radius 3 is 2.73 bits per heavy atom. The molecule has 2 heterocycles. The molecule has 0 aliphatic carbocycles. The van der Waals surface area contributed by atoms with E-state index >= 15 is 0 Å². The third kappa shape index (κ3) is 3.70. The Morgan fingerprint density at radius 2 is 2.14 bits per heavy atom. The molecule has 2 N–H and O–H groups in total. The van der Waals surface area contributed by atoms with Gasteiger partial charge in [0.05, 0.1) is 24.4 Å². The van der Waals surface area contributed by atoms with Gasteiger partial charge in [-0.1, -0.05) is 13.8 Å². The fourth-order valence-corrected chi connectivity index (χ4v) is 2.63. The van der Waals surface area contributed by atoms with E-state index in [-0.39, 0.29) is 11.5 Å². The van der Waals surface area contributed by atoms with Gasteiger partial charge in [0.1, 0.15) is 5.82 Å². The predicted octanol–water partition coefficient (Wildman–Crippen LogP) is 2.06. The number of carbonyl (C=O) groups is 1. The van der Waals surface area contributed by atoms with Gasteiger partial charge in [0, 0.05) is 24.4 Å². The number of hydrogen-bond donors (Lipinski definition) is 1. The SMILES string of the molecule is COC(=O)c1cc(N)nc(N(C)Cc2csc(C(C)C)n2)n1. The van der Waals surface area contributed by atoms with Crippen molar-refractivity contribution in [2.75, 3.05) is 24.8 Å². The Hall–Kier alpha value is -2.22. The van der Waals surface area contributed by atoms with Crippen LogP contribution in [-0.2, 0) is 11.3 Å². The maximum absolute atomic E-state index is 11.6. The van der Waals surface area contributed by atoms with Crippen molar-refractivity contribution >= 4 is 29.1 Å². The first-order valence-electron chi connectivity index (χ1n) is 6.79. The Kier molecular flexibility index (Phi) is 4.92. The molecule has 0 saturated heterocycles.